The number of nitrogens with zero attached hydrogens (tertiary/aromatic N) is 2. The molecule has 5 nitrogen and oxygen atoms in total. The Morgan fingerprint density at radius 3 is 2.45 bits per heavy atom. The zero-order chi connectivity index (χ0) is 20.1. The Morgan fingerprint density at radius 1 is 0.897 bits per heavy atom. The standard InChI is InChI=1S/C24H19N3O2/c1-29-22-10-6-5-9-19(22)21-15-18(27-23-13-14-25-16-26-23)11-12-20(21)24(28)17-7-3-2-4-8-17/h2-16H,1H3,(H,25,26,27). The third kappa shape index (κ3) is 3.99. The van der Waals surface area contributed by atoms with Gasteiger partial charge in [0, 0.05) is 28.6 Å². The normalized spacial score (nSPS) is 10.4. The molecule has 0 aliphatic carbocycles. The van der Waals surface area contributed by atoms with Crippen LogP contribution < -0.4 is 10.1 Å². The highest BCUT2D eigenvalue weighted by molar-refractivity contribution is 6.13. The fourth-order valence-corrected chi connectivity index (χ4v) is 3.17. The molecule has 0 radical (unpaired) electrons. The number of anilines is 2. The molecule has 4 rings (SSSR count). The van der Waals surface area contributed by atoms with Gasteiger partial charge in [-0.25, -0.2) is 9.97 Å². The molecular formula is C24H19N3O2. The fraction of sp³-hybridized carbons (Fsp3) is 0.0417. The van der Waals surface area contributed by atoms with Gasteiger partial charge in [-0.1, -0.05) is 48.5 Å². The van der Waals surface area contributed by atoms with E-state index in [0.29, 0.717) is 22.7 Å². The molecule has 0 saturated heterocycles. The van der Waals surface area contributed by atoms with Crippen molar-refractivity contribution in [2.45, 2.75) is 0 Å². The van der Waals surface area contributed by atoms with Crippen LogP contribution in [0.4, 0.5) is 11.5 Å². The number of nitrogens with one attached hydrogen (secondary N) is 1. The average Bonchev–Trinajstić information content (AvgIpc) is 2.80. The highest BCUT2D eigenvalue weighted by Crippen LogP contribution is 2.35. The lowest BCUT2D eigenvalue weighted by molar-refractivity contribution is 0.103. The Labute approximate surface area is 169 Å². The Hall–Kier alpha value is -3.99. The van der Waals surface area contributed by atoms with Crippen molar-refractivity contribution < 1.29 is 9.53 Å². The molecule has 4 aromatic rings. The molecule has 0 saturated carbocycles. The molecular weight excluding hydrogens is 362 g/mol. The van der Waals surface area contributed by atoms with Crippen LogP contribution in [-0.2, 0) is 0 Å². The molecule has 1 heterocycles. The largest absolute Gasteiger partial charge is 0.496 e. The van der Waals surface area contributed by atoms with Gasteiger partial charge in [-0.3, -0.25) is 4.79 Å². The van der Waals surface area contributed by atoms with Gasteiger partial charge in [0.2, 0.25) is 0 Å². The third-order valence-corrected chi connectivity index (χ3v) is 4.55. The monoisotopic (exact) mass is 381 g/mol. The number of ether oxygens (including phenoxy) is 1. The molecule has 0 bridgehead atoms. The van der Waals surface area contributed by atoms with Gasteiger partial charge in [0.1, 0.15) is 17.9 Å². The number of hydrogen-bond donors (Lipinski definition) is 1. The van der Waals surface area contributed by atoms with Crippen LogP contribution in [0.2, 0.25) is 0 Å². The van der Waals surface area contributed by atoms with E-state index < -0.39 is 0 Å². The van der Waals surface area contributed by atoms with Crippen molar-refractivity contribution in [2.75, 3.05) is 12.4 Å². The zero-order valence-electron chi connectivity index (χ0n) is 15.9. The minimum atomic E-state index is -0.0416. The van der Waals surface area contributed by atoms with Gasteiger partial charge in [0.05, 0.1) is 7.11 Å². The van der Waals surface area contributed by atoms with E-state index in [1.165, 1.54) is 6.33 Å². The molecule has 0 spiro atoms. The summed E-state index contributed by atoms with van der Waals surface area (Å²) < 4.78 is 5.55. The quantitative estimate of drug-likeness (QED) is 0.469. The summed E-state index contributed by atoms with van der Waals surface area (Å²) in [5.41, 5.74) is 3.69. The van der Waals surface area contributed by atoms with Crippen molar-refractivity contribution >= 4 is 17.3 Å². The van der Waals surface area contributed by atoms with E-state index in [-0.39, 0.29) is 5.78 Å². The summed E-state index contributed by atoms with van der Waals surface area (Å²) in [5, 5.41) is 3.25. The predicted molar refractivity (Wildman–Crippen MR) is 114 cm³/mol. The van der Waals surface area contributed by atoms with Crippen LogP contribution in [-0.4, -0.2) is 22.9 Å². The van der Waals surface area contributed by atoms with Crippen molar-refractivity contribution in [3.63, 3.8) is 0 Å². The maximum absolute atomic E-state index is 13.2. The number of para-hydroxylation sites is 1. The number of rotatable bonds is 6. The molecule has 1 N–H and O–H groups in total. The first-order chi connectivity index (χ1) is 14.3. The summed E-state index contributed by atoms with van der Waals surface area (Å²) in [6.07, 6.45) is 3.15. The van der Waals surface area contributed by atoms with Gasteiger partial charge in [-0.2, -0.15) is 0 Å². The van der Waals surface area contributed by atoms with E-state index in [9.17, 15) is 4.79 Å². The maximum Gasteiger partial charge on any atom is 0.193 e. The van der Waals surface area contributed by atoms with Crippen molar-refractivity contribution in [3.8, 4) is 16.9 Å². The Morgan fingerprint density at radius 2 is 1.69 bits per heavy atom. The first-order valence-corrected chi connectivity index (χ1v) is 9.16. The molecule has 0 fully saturated rings. The van der Waals surface area contributed by atoms with E-state index in [0.717, 1.165) is 16.8 Å². The molecule has 142 valence electrons. The number of aromatic nitrogens is 2. The molecule has 0 unspecified atom stereocenters. The lowest BCUT2D eigenvalue weighted by atomic mass is 9.93. The minimum absolute atomic E-state index is 0.0416. The van der Waals surface area contributed by atoms with Crippen LogP contribution in [0, 0.1) is 0 Å². The average molecular weight is 381 g/mol. The topological polar surface area (TPSA) is 64.1 Å². The summed E-state index contributed by atoms with van der Waals surface area (Å²) in [5.74, 6) is 1.34. The molecule has 3 aromatic carbocycles. The predicted octanol–water partition coefficient (Wildman–Crippen LogP) is 5.13. The van der Waals surface area contributed by atoms with Crippen molar-refractivity contribution in [1.82, 2.24) is 9.97 Å². The second-order valence-electron chi connectivity index (χ2n) is 6.38. The molecule has 0 aliphatic heterocycles. The molecule has 29 heavy (non-hydrogen) atoms. The second-order valence-corrected chi connectivity index (χ2v) is 6.38. The summed E-state index contributed by atoms with van der Waals surface area (Å²) in [7, 11) is 1.63. The minimum Gasteiger partial charge on any atom is -0.496 e. The van der Waals surface area contributed by atoms with Crippen LogP contribution in [0.15, 0.2) is 91.4 Å². The van der Waals surface area contributed by atoms with Crippen LogP contribution in [0.5, 0.6) is 5.75 Å². The van der Waals surface area contributed by atoms with Crippen molar-refractivity contribution in [3.05, 3.63) is 103 Å². The number of carbonyl (C=O) groups is 1. The Bertz CT molecular complexity index is 1130. The summed E-state index contributed by atoms with van der Waals surface area (Å²) >= 11 is 0. The van der Waals surface area contributed by atoms with Crippen LogP contribution in [0.3, 0.4) is 0 Å². The van der Waals surface area contributed by atoms with E-state index in [2.05, 4.69) is 15.3 Å². The highest BCUT2D eigenvalue weighted by atomic mass is 16.5. The smallest absolute Gasteiger partial charge is 0.193 e. The number of methoxy groups -OCH3 is 1. The fourth-order valence-electron chi connectivity index (χ4n) is 3.17. The van der Waals surface area contributed by atoms with Crippen molar-refractivity contribution in [1.29, 1.82) is 0 Å². The number of hydrogen-bond acceptors (Lipinski definition) is 5. The Balaban J connectivity index is 1.83. The lowest BCUT2D eigenvalue weighted by Crippen LogP contribution is -2.05. The van der Waals surface area contributed by atoms with Crippen LogP contribution >= 0.6 is 0 Å². The van der Waals surface area contributed by atoms with Gasteiger partial charge < -0.3 is 10.1 Å². The van der Waals surface area contributed by atoms with E-state index in [1.54, 1.807) is 19.4 Å². The van der Waals surface area contributed by atoms with E-state index in [4.69, 9.17) is 4.74 Å². The second kappa shape index (κ2) is 8.35. The van der Waals surface area contributed by atoms with E-state index >= 15 is 0 Å². The Kier molecular flexibility index (Phi) is 5.29. The number of benzene rings is 3. The highest BCUT2D eigenvalue weighted by Gasteiger charge is 2.18. The van der Waals surface area contributed by atoms with Crippen molar-refractivity contribution in [2.24, 2.45) is 0 Å². The molecule has 0 amide bonds. The third-order valence-electron chi connectivity index (χ3n) is 4.55. The zero-order valence-corrected chi connectivity index (χ0v) is 15.9. The van der Waals surface area contributed by atoms with Gasteiger partial charge >= 0.3 is 0 Å². The molecule has 5 heteroatoms. The summed E-state index contributed by atoms with van der Waals surface area (Å²) in [4.78, 5) is 21.4. The summed E-state index contributed by atoms with van der Waals surface area (Å²) in [6.45, 7) is 0. The van der Waals surface area contributed by atoms with Gasteiger partial charge in [-0.15, -0.1) is 0 Å². The lowest BCUT2D eigenvalue weighted by Gasteiger charge is -2.15. The maximum atomic E-state index is 13.2. The van der Waals surface area contributed by atoms with Gasteiger partial charge in [-0.05, 0) is 35.9 Å². The van der Waals surface area contributed by atoms with Gasteiger partial charge in [0.15, 0.2) is 5.78 Å². The van der Waals surface area contributed by atoms with Crippen LogP contribution in [0.25, 0.3) is 11.1 Å². The number of ketones is 1. The summed E-state index contributed by atoms with van der Waals surface area (Å²) in [6, 6.07) is 24.4. The molecule has 0 aliphatic rings. The first-order valence-electron chi connectivity index (χ1n) is 9.16. The molecule has 1 aromatic heterocycles. The molecule has 0 atom stereocenters. The SMILES string of the molecule is COc1ccccc1-c1cc(Nc2ccncn2)ccc1C(=O)c1ccccc1. The van der Waals surface area contributed by atoms with Crippen LogP contribution in [0.1, 0.15) is 15.9 Å². The van der Waals surface area contributed by atoms with E-state index in [1.807, 2.05) is 72.8 Å². The van der Waals surface area contributed by atoms with Gasteiger partial charge in [0.25, 0.3) is 0 Å². The first kappa shape index (κ1) is 18.4. The number of carbonyl (C=O) groups excluding carboxylic acids is 1.